The first kappa shape index (κ1) is 13.4. The number of halogens is 1. The van der Waals surface area contributed by atoms with Crippen LogP contribution in [0, 0.1) is 0 Å². The summed E-state index contributed by atoms with van der Waals surface area (Å²) in [6, 6.07) is 1.52. The number of ether oxygens (including phenoxy) is 1. The van der Waals surface area contributed by atoms with Gasteiger partial charge in [0.25, 0.3) is 5.91 Å². The highest BCUT2D eigenvalue weighted by Crippen LogP contribution is 2.12. The predicted octanol–water partition coefficient (Wildman–Crippen LogP) is 1.42. The number of hydrogen-bond acceptors (Lipinski definition) is 4. The van der Waals surface area contributed by atoms with Crippen LogP contribution in [-0.2, 0) is 9.53 Å². The highest BCUT2D eigenvalue weighted by molar-refractivity contribution is 6.33. The molecule has 1 aromatic rings. The largest absolute Gasteiger partial charge is 0.466 e. The van der Waals surface area contributed by atoms with Crippen molar-refractivity contribution in [2.24, 2.45) is 0 Å². The van der Waals surface area contributed by atoms with Gasteiger partial charge in [0.2, 0.25) is 0 Å². The highest BCUT2D eigenvalue weighted by atomic mass is 35.5. The van der Waals surface area contributed by atoms with Gasteiger partial charge in [-0.15, -0.1) is 0 Å². The zero-order valence-electron chi connectivity index (χ0n) is 9.40. The van der Waals surface area contributed by atoms with Gasteiger partial charge in [-0.05, 0) is 13.0 Å². The number of nitrogens with one attached hydrogen (secondary N) is 1. The van der Waals surface area contributed by atoms with Crippen LogP contribution in [0.25, 0.3) is 0 Å². The molecule has 0 bridgehead atoms. The summed E-state index contributed by atoms with van der Waals surface area (Å²) >= 11 is 5.80. The van der Waals surface area contributed by atoms with E-state index in [1.807, 2.05) is 0 Å². The maximum Gasteiger partial charge on any atom is 0.307 e. The lowest BCUT2D eigenvalue weighted by atomic mass is 10.2. The maximum absolute atomic E-state index is 11.6. The first-order valence-corrected chi connectivity index (χ1v) is 5.56. The Morgan fingerprint density at radius 1 is 1.53 bits per heavy atom. The third-order valence-corrected chi connectivity index (χ3v) is 2.24. The summed E-state index contributed by atoms with van der Waals surface area (Å²) < 4.78 is 4.73. The Morgan fingerprint density at radius 2 is 2.29 bits per heavy atom. The minimum atomic E-state index is -0.339. The molecule has 0 aliphatic carbocycles. The molecule has 1 aromatic heterocycles. The van der Waals surface area contributed by atoms with Crippen LogP contribution in [0.5, 0.6) is 0 Å². The van der Waals surface area contributed by atoms with Crippen LogP contribution in [0.15, 0.2) is 18.5 Å². The van der Waals surface area contributed by atoms with Crippen LogP contribution >= 0.6 is 11.6 Å². The van der Waals surface area contributed by atoms with Crippen LogP contribution < -0.4 is 5.32 Å². The van der Waals surface area contributed by atoms with Crippen LogP contribution in [-0.4, -0.2) is 30.0 Å². The molecule has 1 amide bonds. The molecule has 0 fully saturated rings. The Kier molecular flexibility index (Phi) is 5.42. The maximum atomic E-state index is 11.6. The molecule has 1 N–H and O–H groups in total. The quantitative estimate of drug-likeness (QED) is 0.809. The Labute approximate surface area is 104 Å². The molecule has 1 heterocycles. The van der Waals surface area contributed by atoms with Crippen LogP contribution in [0.1, 0.15) is 23.7 Å². The van der Waals surface area contributed by atoms with E-state index in [1.54, 1.807) is 6.92 Å². The minimum absolute atomic E-state index is 0.141. The normalized spacial score (nSPS) is 9.76. The van der Waals surface area contributed by atoms with E-state index in [1.165, 1.54) is 18.5 Å². The average Bonchev–Trinajstić information content (AvgIpc) is 2.29. The number of carbonyl (C=O) groups excluding carboxylic acids is 2. The van der Waals surface area contributed by atoms with Gasteiger partial charge in [-0.2, -0.15) is 0 Å². The Hall–Kier alpha value is -1.62. The number of nitrogens with zero attached hydrogens (tertiary/aromatic N) is 1. The average molecular weight is 257 g/mol. The smallest absolute Gasteiger partial charge is 0.307 e. The molecule has 1 rings (SSSR count). The molecular weight excluding hydrogens is 244 g/mol. The standard InChI is InChI=1S/C11H13ClN2O3/c1-2-17-10(15)4-6-14-11(16)8-3-5-13-7-9(8)12/h3,5,7H,2,4,6H2,1H3,(H,14,16). The van der Waals surface area contributed by atoms with Gasteiger partial charge in [0.15, 0.2) is 0 Å². The molecule has 0 unspecified atom stereocenters. The number of hydrogen-bond donors (Lipinski definition) is 1. The van der Waals surface area contributed by atoms with Gasteiger partial charge in [-0.3, -0.25) is 14.6 Å². The summed E-state index contributed by atoms with van der Waals surface area (Å²) in [5.41, 5.74) is 0.338. The molecular formula is C11H13ClN2O3. The number of pyridine rings is 1. The van der Waals surface area contributed by atoms with Gasteiger partial charge in [0.1, 0.15) is 0 Å². The van der Waals surface area contributed by atoms with Crippen LogP contribution in [0.2, 0.25) is 5.02 Å². The fraction of sp³-hybridized carbons (Fsp3) is 0.364. The molecule has 0 radical (unpaired) electrons. The van der Waals surface area contributed by atoms with Crippen molar-refractivity contribution in [2.45, 2.75) is 13.3 Å². The second kappa shape index (κ2) is 6.85. The topological polar surface area (TPSA) is 68.3 Å². The lowest BCUT2D eigenvalue weighted by Crippen LogP contribution is -2.26. The van der Waals surface area contributed by atoms with Crippen LogP contribution in [0.3, 0.4) is 0 Å². The van der Waals surface area contributed by atoms with Crippen molar-refractivity contribution >= 4 is 23.5 Å². The number of esters is 1. The van der Waals surface area contributed by atoms with E-state index in [-0.39, 0.29) is 29.9 Å². The van der Waals surface area contributed by atoms with Gasteiger partial charge in [0.05, 0.1) is 23.6 Å². The number of carbonyl (C=O) groups is 2. The molecule has 17 heavy (non-hydrogen) atoms. The van der Waals surface area contributed by atoms with Gasteiger partial charge in [-0.1, -0.05) is 11.6 Å². The summed E-state index contributed by atoms with van der Waals surface area (Å²) in [5.74, 6) is -0.671. The van der Waals surface area contributed by atoms with Crippen molar-refractivity contribution in [3.05, 3.63) is 29.0 Å². The Morgan fingerprint density at radius 3 is 2.94 bits per heavy atom. The van der Waals surface area contributed by atoms with E-state index in [4.69, 9.17) is 16.3 Å². The molecule has 0 aliphatic heterocycles. The molecule has 0 aliphatic rings. The number of aromatic nitrogens is 1. The van der Waals surface area contributed by atoms with Gasteiger partial charge < -0.3 is 10.1 Å². The molecule has 0 saturated heterocycles. The molecule has 5 nitrogen and oxygen atoms in total. The van der Waals surface area contributed by atoms with Crippen molar-refractivity contribution in [1.82, 2.24) is 10.3 Å². The SMILES string of the molecule is CCOC(=O)CCNC(=O)c1ccncc1Cl. The third kappa shape index (κ3) is 4.40. The van der Waals surface area contributed by atoms with Gasteiger partial charge in [0, 0.05) is 18.9 Å². The highest BCUT2D eigenvalue weighted by Gasteiger charge is 2.10. The van der Waals surface area contributed by atoms with E-state index in [9.17, 15) is 9.59 Å². The van der Waals surface area contributed by atoms with Crippen molar-refractivity contribution in [3.63, 3.8) is 0 Å². The zero-order chi connectivity index (χ0) is 12.7. The molecule has 92 valence electrons. The molecule has 0 saturated carbocycles. The first-order valence-electron chi connectivity index (χ1n) is 5.18. The summed E-state index contributed by atoms with van der Waals surface area (Å²) in [7, 11) is 0. The van der Waals surface area contributed by atoms with Crippen molar-refractivity contribution in [3.8, 4) is 0 Å². The summed E-state index contributed by atoms with van der Waals surface area (Å²) in [5, 5.41) is 2.86. The lowest BCUT2D eigenvalue weighted by Gasteiger charge is -2.05. The minimum Gasteiger partial charge on any atom is -0.466 e. The molecule has 0 atom stereocenters. The monoisotopic (exact) mass is 256 g/mol. The van der Waals surface area contributed by atoms with Gasteiger partial charge >= 0.3 is 5.97 Å². The van der Waals surface area contributed by atoms with Crippen molar-refractivity contribution < 1.29 is 14.3 Å². The van der Waals surface area contributed by atoms with E-state index in [0.29, 0.717) is 12.2 Å². The van der Waals surface area contributed by atoms with Gasteiger partial charge in [-0.25, -0.2) is 0 Å². The van der Waals surface area contributed by atoms with E-state index >= 15 is 0 Å². The van der Waals surface area contributed by atoms with Crippen LogP contribution in [0.4, 0.5) is 0 Å². The molecule has 0 aromatic carbocycles. The second-order valence-electron chi connectivity index (χ2n) is 3.17. The Balaban J connectivity index is 2.41. The molecule has 0 spiro atoms. The fourth-order valence-corrected chi connectivity index (χ4v) is 1.37. The summed E-state index contributed by atoms with van der Waals surface area (Å²) in [6.45, 7) is 2.28. The van der Waals surface area contributed by atoms with E-state index in [0.717, 1.165) is 0 Å². The van der Waals surface area contributed by atoms with Crippen molar-refractivity contribution in [1.29, 1.82) is 0 Å². The number of amides is 1. The van der Waals surface area contributed by atoms with E-state index in [2.05, 4.69) is 10.3 Å². The van der Waals surface area contributed by atoms with E-state index < -0.39 is 0 Å². The fourth-order valence-electron chi connectivity index (χ4n) is 1.17. The molecule has 6 heteroatoms. The first-order chi connectivity index (χ1) is 8.15. The zero-order valence-corrected chi connectivity index (χ0v) is 10.2. The van der Waals surface area contributed by atoms with Crippen molar-refractivity contribution in [2.75, 3.05) is 13.2 Å². The second-order valence-corrected chi connectivity index (χ2v) is 3.57. The Bertz CT molecular complexity index is 409. The lowest BCUT2D eigenvalue weighted by molar-refractivity contribution is -0.142. The summed E-state index contributed by atoms with van der Waals surface area (Å²) in [4.78, 5) is 26.4. The third-order valence-electron chi connectivity index (χ3n) is 1.94. The predicted molar refractivity (Wildman–Crippen MR) is 62.8 cm³/mol. The summed E-state index contributed by atoms with van der Waals surface area (Å²) in [6.07, 6.45) is 3.01. The number of rotatable bonds is 5.